The van der Waals surface area contributed by atoms with Gasteiger partial charge in [0.25, 0.3) is 0 Å². The molecule has 0 bridgehead atoms. The van der Waals surface area contributed by atoms with E-state index >= 15 is 0 Å². The summed E-state index contributed by atoms with van der Waals surface area (Å²) in [4.78, 5) is 0. The number of methoxy groups -OCH3 is 1. The van der Waals surface area contributed by atoms with E-state index in [2.05, 4.69) is 5.32 Å². The van der Waals surface area contributed by atoms with Gasteiger partial charge in [0.05, 0.1) is 5.92 Å². The Morgan fingerprint density at radius 3 is 2.26 bits per heavy atom. The van der Waals surface area contributed by atoms with Crippen LogP contribution >= 0.6 is 0 Å². The van der Waals surface area contributed by atoms with E-state index < -0.39 is 12.1 Å². The lowest BCUT2D eigenvalue weighted by Crippen LogP contribution is -2.39. The van der Waals surface area contributed by atoms with E-state index in [9.17, 15) is 13.2 Å². The summed E-state index contributed by atoms with van der Waals surface area (Å²) in [7, 11) is 1.71. The third-order valence-corrected chi connectivity index (χ3v) is 4.75. The molecule has 5 heteroatoms. The highest BCUT2D eigenvalue weighted by Gasteiger charge is 2.44. The summed E-state index contributed by atoms with van der Waals surface area (Å²) in [6.45, 7) is 1.72. The zero-order valence-corrected chi connectivity index (χ0v) is 11.6. The number of hydrogen-bond acceptors (Lipinski definition) is 2. The standard InChI is InChI=1S/C14H24F3NO/c1-19-9-8-13(6-7-13)10-18-12-4-2-11(3-5-12)14(15,16)17/h11-12,18H,2-10H2,1H3. The van der Waals surface area contributed by atoms with Crippen LogP contribution in [0.3, 0.4) is 0 Å². The third kappa shape index (κ3) is 4.35. The molecule has 0 aromatic heterocycles. The number of alkyl halides is 3. The van der Waals surface area contributed by atoms with E-state index in [4.69, 9.17) is 4.74 Å². The van der Waals surface area contributed by atoms with E-state index in [0.29, 0.717) is 18.3 Å². The van der Waals surface area contributed by atoms with Crippen molar-refractivity contribution in [1.29, 1.82) is 0 Å². The van der Waals surface area contributed by atoms with Gasteiger partial charge in [-0.2, -0.15) is 13.2 Å². The van der Waals surface area contributed by atoms with Gasteiger partial charge in [-0.25, -0.2) is 0 Å². The van der Waals surface area contributed by atoms with Crippen molar-refractivity contribution < 1.29 is 17.9 Å². The second kappa shape index (κ2) is 6.00. The van der Waals surface area contributed by atoms with Crippen LogP contribution in [0.1, 0.15) is 44.9 Å². The fourth-order valence-electron chi connectivity index (χ4n) is 3.00. The van der Waals surface area contributed by atoms with Crippen molar-refractivity contribution >= 4 is 0 Å². The fourth-order valence-corrected chi connectivity index (χ4v) is 3.00. The zero-order chi connectivity index (χ0) is 13.9. The minimum Gasteiger partial charge on any atom is -0.385 e. The van der Waals surface area contributed by atoms with Crippen molar-refractivity contribution in [2.24, 2.45) is 11.3 Å². The summed E-state index contributed by atoms with van der Waals surface area (Å²) in [6.07, 6.45) is 1.39. The van der Waals surface area contributed by atoms with Gasteiger partial charge in [0, 0.05) is 26.3 Å². The second-order valence-electron chi connectivity index (χ2n) is 6.21. The van der Waals surface area contributed by atoms with Gasteiger partial charge in [0.15, 0.2) is 0 Å². The summed E-state index contributed by atoms with van der Waals surface area (Å²) < 4.78 is 42.8. The van der Waals surface area contributed by atoms with E-state index in [-0.39, 0.29) is 18.9 Å². The molecular formula is C14H24F3NO. The number of hydrogen-bond donors (Lipinski definition) is 1. The molecule has 1 N–H and O–H groups in total. The van der Waals surface area contributed by atoms with Gasteiger partial charge in [0.2, 0.25) is 0 Å². The Bertz CT molecular complexity index is 281. The van der Waals surface area contributed by atoms with Crippen LogP contribution < -0.4 is 5.32 Å². The van der Waals surface area contributed by atoms with Crippen LogP contribution in [0.25, 0.3) is 0 Å². The van der Waals surface area contributed by atoms with Crippen molar-refractivity contribution in [1.82, 2.24) is 5.32 Å². The van der Waals surface area contributed by atoms with Crippen LogP contribution in [0.2, 0.25) is 0 Å². The molecule has 2 saturated carbocycles. The van der Waals surface area contributed by atoms with Gasteiger partial charge in [-0.05, 0) is 50.4 Å². The summed E-state index contributed by atoms with van der Waals surface area (Å²) in [5.74, 6) is -1.08. The lowest BCUT2D eigenvalue weighted by molar-refractivity contribution is -0.182. The third-order valence-electron chi connectivity index (χ3n) is 4.75. The van der Waals surface area contributed by atoms with Crippen molar-refractivity contribution in [2.75, 3.05) is 20.3 Å². The molecule has 0 amide bonds. The van der Waals surface area contributed by atoms with Crippen LogP contribution in [-0.2, 0) is 4.74 Å². The summed E-state index contributed by atoms with van der Waals surface area (Å²) in [5.41, 5.74) is 0.372. The molecule has 112 valence electrons. The molecule has 2 aliphatic rings. The average Bonchev–Trinajstić information content (AvgIpc) is 3.14. The Morgan fingerprint density at radius 1 is 1.16 bits per heavy atom. The molecule has 0 saturated heterocycles. The molecule has 0 heterocycles. The second-order valence-corrected chi connectivity index (χ2v) is 6.21. The van der Waals surface area contributed by atoms with E-state index in [1.54, 1.807) is 7.11 Å². The van der Waals surface area contributed by atoms with Crippen molar-refractivity contribution in [3.63, 3.8) is 0 Å². The van der Waals surface area contributed by atoms with Gasteiger partial charge in [0.1, 0.15) is 0 Å². The van der Waals surface area contributed by atoms with Gasteiger partial charge in [-0.3, -0.25) is 0 Å². The maximum atomic E-state index is 12.6. The predicted molar refractivity (Wildman–Crippen MR) is 68.0 cm³/mol. The summed E-state index contributed by atoms with van der Waals surface area (Å²) in [5, 5.41) is 3.48. The Labute approximate surface area is 113 Å². The minimum absolute atomic E-state index is 0.276. The smallest absolute Gasteiger partial charge is 0.385 e. The first-order valence-electron chi connectivity index (χ1n) is 7.24. The number of rotatable bonds is 6. The topological polar surface area (TPSA) is 21.3 Å². The number of halogens is 3. The predicted octanol–water partition coefficient (Wildman–Crippen LogP) is 3.51. The minimum atomic E-state index is -4.00. The highest BCUT2D eigenvalue weighted by Crippen LogP contribution is 2.48. The van der Waals surface area contributed by atoms with E-state index in [1.807, 2.05) is 0 Å². The summed E-state index contributed by atoms with van der Waals surface area (Å²) >= 11 is 0. The SMILES string of the molecule is COCCC1(CNC2CCC(C(F)(F)F)CC2)CC1. The Morgan fingerprint density at radius 2 is 1.79 bits per heavy atom. The first-order valence-corrected chi connectivity index (χ1v) is 7.24. The van der Waals surface area contributed by atoms with Gasteiger partial charge >= 0.3 is 6.18 Å². The Hall–Kier alpha value is -0.290. The molecule has 19 heavy (non-hydrogen) atoms. The van der Waals surface area contributed by atoms with E-state index in [0.717, 1.165) is 19.6 Å². The highest BCUT2D eigenvalue weighted by atomic mass is 19.4. The van der Waals surface area contributed by atoms with Crippen LogP contribution in [0.4, 0.5) is 13.2 Å². The number of ether oxygens (including phenoxy) is 1. The Balaban J connectivity index is 1.66. The average molecular weight is 279 g/mol. The quantitative estimate of drug-likeness (QED) is 0.803. The first kappa shape index (κ1) is 15.1. The first-order chi connectivity index (χ1) is 8.95. The normalized spacial score (nSPS) is 30.3. The molecular weight excluding hydrogens is 255 g/mol. The van der Waals surface area contributed by atoms with Gasteiger partial charge in [-0.15, -0.1) is 0 Å². The maximum Gasteiger partial charge on any atom is 0.391 e. The van der Waals surface area contributed by atoms with Crippen LogP contribution in [0.5, 0.6) is 0 Å². The molecule has 2 nitrogen and oxygen atoms in total. The lowest BCUT2D eigenvalue weighted by atomic mass is 9.85. The van der Waals surface area contributed by atoms with Gasteiger partial charge in [-0.1, -0.05) is 0 Å². The molecule has 2 aliphatic carbocycles. The zero-order valence-electron chi connectivity index (χ0n) is 11.6. The molecule has 0 unspecified atom stereocenters. The molecule has 0 aromatic rings. The van der Waals surface area contributed by atoms with Gasteiger partial charge < -0.3 is 10.1 Å². The van der Waals surface area contributed by atoms with Crippen molar-refractivity contribution in [3.8, 4) is 0 Å². The Kier molecular flexibility index (Phi) is 4.77. The largest absolute Gasteiger partial charge is 0.391 e. The molecule has 0 aromatic carbocycles. The molecule has 0 atom stereocenters. The van der Waals surface area contributed by atoms with E-state index in [1.165, 1.54) is 12.8 Å². The maximum absolute atomic E-state index is 12.6. The molecule has 0 aliphatic heterocycles. The lowest BCUT2D eigenvalue weighted by Gasteiger charge is -2.31. The molecule has 2 rings (SSSR count). The molecule has 0 spiro atoms. The molecule has 0 radical (unpaired) electrons. The summed E-state index contributed by atoms with van der Waals surface area (Å²) in [6, 6.07) is 0.276. The van der Waals surface area contributed by atoms with Crippen LogP contribution in [0, 0.1) is 11.3 Å². The fraction of sp³-hybridized carbons (Fsp3) is 1.00. The van der Waals surface area contributed by atoms with Crippen LogP contribution in [0.15, 0.2) is 0 Å². The van der Waals surface area contributed by atoms with Crippen molar-refractivity contribution in [3.05, 3.63) is 0 Å². The number of nitrogens with one attached hydrogen (secondary N) is 1. The monoisotopic (exact) mass is 279 g/mol. The molecule has 2 fully saturated rings. The van der Waals surface area contributed by atoms with Crippen LogP contribution in [-0.4, -0.2) is 32.5 Å². The van der Waals surface area contributed by atoms with Crippen molar-refractivity contribution in [2.45, 2.75) is 57.2 Å². The highest BCUT2D eigenvalue weighted by molar-refractivity contribution is 4.95.